The Kier molecular flexibility index (Phi) is 6.66. The van der Waals surface area contributed by atoms with Crippen LogP contribution >= 0.6 is 12.2 Å². The molecule has 0 aliphatic rings. The first-order valence-electron chi connectivity index (χ1n) is 6.26. The fourth-order valence-electron chi connectivity index (χ4n) is 1.60. The van der Waals surface area contributed by atoms with Crippen molar-refractivity contribution >= 4 is 34.7 Å². The van der Waals surface area contributed by atoms with E-state index >= 15 is 0 Å². The number of carbonyl (C=O) groups is 1. The molecule has 0 heterocycles. The molecule has 1 rings (SSSR count). The molecule has 0 fully saturated rings. The van der Waals surface area contributed by atoms with E-state index in [-0.39, 0.29) is 11.9 Å². The number of benzene rings is 1. The van der Waals surface area contributed by atoms with E-state index in [1.807, 2.05) is 37.3 Å². The second-order valence-electron chi connectivity index (χ2n) is 4.41. The lowest BCUT2D eigenvalue weighted by Crippen LogP contribution is -2.25. The van der Waals surface area contributed by atoms with Gasteiger partial charge >= 0.3 is 5.97 Å². The Bertz CT molecular complexity index is 488. The molecule has 5 nitrogen and oxygen atoms in total. The van der Waals surface area contributed by atoms with Gasteiger partial charge in [-0.3, -0.25) is 10.2 Å². The molecule has 0 aliphatic heterocycles. The summed E-state index contributed by atoms with van der Waals surface area (Å²) in [6.45, 7) is 3.63. The van der Waals surface area contributed by atoms with Crippen molar-refractivity contribution in [2.24, 2.45) is 11.0 Å². The van der Waals surface area contributed by atoms with Gasteiger partial charge in [0.05, 0.1) is 13.0 Å². The normalized spacial score (nSPS) is 12.4. The van der Waals surface area contributed by atoms with Crippen molar-refractivity contribution in [2.45, 2.75) is 20.3 Å². The zero-order chi connectivity index (χ0) is 15.0. The van der Waals surface area contributed by atoms with E-state index < -0.39 is 0 Å². The SMILES string of the molecule is COC(=O)[C@@H](C)CC(C)=NNC(=S)Nc1ccccc1. The monoisotopic (exact) mass is 293 g/mol. The van der Waals surface area contributed by atoms with Crippen LogP contribution in [0.2, 0.25) is 0 Å². The summed E-state index contributed by atoms with van der Waals surface area (Å²) in [5, 5.41) is 7.54. The van der Waals surface area contributed by atoms with Gasteiger partial charge in [0.1, 0.15) is 0 Å². The molecule has 0 amide bonds. The standard InChI is InChI=1S/C14H19N3O2S/c1-10(13(18)19-3)9-11(2)16-17-14(20)15-12-7-5-4-6-8-12/h4-8,10H,9H2,1-3H3,(H2,15,17,20)/t10-/m0/s1. The Labute approximate surface area is 124 Å². The molecule has 0 radical (unpaired) electrons. The van der Waals surface area contributed by atoms with Gasteiger partial charge in [-0.15, -0.1) is 0 Å². The van der Waals surface area contributed by atoms with Crippen LogP contribution < -0.4 is 10.7 Å². The van der Waals surface area contributed by atoms with Gasteiger partial charge in [0, 0.05) is 17.8 Å². The molecular formula is C14H19N3O2S. The number of carbonyl (C=O) groups excluding carboxylic acids is 1. The van der Waals surface area contributed by atoms with Crippen LogP contribution in [-0.4, -0.2) is 23.9 Å². The molecule has 0 saturated heterocycles. The first-order chi connectivity index (χ1) is 9.52. The van der Waals surface area contributed by atoms with Crippen LogP contribution in [0.15, 0.2) is 35.4 Å². The van der Waals surface area contributed by atoms with Gasteiger partial charge in [-0.1, -0.05) is 25.1 Å². The Morgan fingerprint density at radius 1 is 1.40 bits per heavy atom. The van der Waals surface area contributed by atoms with Crippen LogP contribution in [0.3, 0.4) is 0 Å². The van der Waals surface area contributed by atoms with Gasteiger partial charge in [-0.2, -0.15) is 5.10 Å². The van der Waals surface area contributed by atoms with Crippen molar-refractivity contribution in [3.63, 3.8) is 0 Å². The number of hydrazone groups is 1. The molecule has 108 valence electrons. The highest BCUT2D eigenvalue weighted by molar-refractivity contribution is 7.80. The van der Waals surface area contributed by atoms with Gasteiger partial charge < -0.3 is 10.1 Å². The molecule has 0 unspecified atom stereocenters. The van der Waals surface area contributed by atoms with Crippen molar-refractivity contribution in [3.8, 4) is 0 Å². The lowest BCUT2D eigenvalue weighted by atomic mass is 10.1. The molecular weight excluding hydrogens is 274 g/mol. The summed E-state index contributed by atoms with van der Waals surface area (Å²) in [5.41, 5.74) is 4.42. The van der Waals surface area contributed by atoms with Crippen LogP contribution in [0, 0.1) is 5.92 Å². The summed E-state index contributed by atoms with van der Waals surface area (Å²) in [6.07, 6.45) is 0.521. The number of rotatable bonds is 5. The zero-order valence-electron chi connectivity index (χ0n) is 11.8. The molecule has 0 spiro atoms. The number of anilines is 1. The highest BCUT2D eigenvalue weighted by Crippen LogP contribution is 2.06. The summed E-state index contributed by atoms with van der Waals surface area (Å²) in [4.78, 5) is 11.3. The topological polar surface area (TPSA) is 62.7 Å². The number of nitrogens with zero attached hydrogens (tertiary/aromatic N) is 1. The van der Waals surface area contributed by atoms with Crippen LogP contribution in [0.1, 0.15) is 20.3 Å². The minimum Gasteiger partial charge on any atom is -0.469 e. The molecule has 0 bridgehead atoms. The molecule has 2 N–H and O–H groups in total. The number of para-hydroxylation sites is 1. The number of ether oxygens (including phenoxy) is 1. The van der Waals surface area contributed by atoms with E-state index in [1.54, 1.807) is 6.92 Å². The van der Waals surface area contributed by atoms with Crippen LogP contribution in [0.25, 0.3) is 0 Å². The van der Waals surface area contributed by atoms with Gasteiger partial charge in [0.25, 0.3) is 0 Å². The zero-order valence-corrected chi connectivity index (χ0v) is 12.7. The maximum Gasteiger partial charge on any atom is 0.308 e. The van der Waals surface area contributed by atoms with E-state index in [0.717, 1.165) is 11.4 Å². The lowest BCUT2D eigenvalue weighted by Gasteiger charge is -2.10. The number of hydrogen-bond acceptors (Lipinski definition) is 4. The Morgan fingerprint density at radius 2 is 2.05 bits per heavy atom. The minimum atomic E-state index is -0.246. The summed E-state index contributed by atoms with van der Waals surface area (Å²) in [7, 11) is 1.38. The Morgan fingerprint density at radius 3 is 2.65 bits per heavy atom. The summed E-state index contributed by atoms with van der Waals surface area (Å²) < 4.78 is 4.67. The summed E-state index contributed by atoms with van der Waals surface area (Å²) in [5.74, 6) is -0.467. The number of nitrogens with one attached hydrogen (secondary N) is 2. The van der Waals surface area contributed by atoms with Gasteiger partial charge in [0.2, 0.25) is 0 Å². The van der Waals surface area contributed by atoms with Crippen LogP contribution in [0.4, 0.5) is 5.69 Å². The van der Waals surface area contributed by atoms with Crippen molar-refractivity contribution in [1.82, 2.24) is 5.43 Å². The van der Waals surface area contributed by atoms with E-state index in [4.69, 9.17) is 12.2 Å². The molecule has 1 aromatic rings. The lowest BCUT2D eigenvalue weighted by molar-refractivity contribution is -0.144. The second-order valence-corrected chi connectivity index (χ2v) is 4.82. The molecule has 0 aromatic heterocycles. The fraction of sp³-hybridized carbons (Fsp3) is 0.357. The predicted molar refractivity (Wildman–Crippen MR) is 84.7 cm³/mol. The molecule has 1 aromatic carbocycles. The number of thiocarbonyl (C=S) groups is 1. The van der Waals surface area contributed by atoms with Gasteiger partial charge in [-0.25, -0.2) is 0 Å². The quantitative estimate of drug-likeness (QED) is 0.378. The summed E-state index contributed by atoms with van der Waals surface area (Å²) >= 11 is 5.12. The first kappa shape index (κ1) is 16.1. The Balaban J connectivity index is 2.42. The number of hydrogen-bond donors (Lipinski definition) is 2. The number of esters is 1. The second kappa shape index (κ2) is 8.27. The third kappa shape index (κ3) is 5.79. The van der Waals surface area contributed by atoms with Gasteiger partial charge in [-0.05, 0) is 31.3 Å². The van der Waals surface area contributed by atoms with E-state index in [1.165, 1.54) is 7.11 Å². The molecule has 1 atom stereocenters. The largest absolute Gasteiger partial charge is 0.469 e. The fourth-order valence-corrected chi connectivity index (χ4v) is 1.76. The van der Waals surface area contributed by atoms with Crippen molar-refractivity contribution < 1.29 is 9.53 Å². The predicted octanol–water partition coefficient (Wildman–Crippen LogP) is 2.55. The van der Waals surface area contributed by atoms with Crippen LogP contribution in [-0.2, 0) is 9.53 Å². The third-order valence-electron chi connectivity index (χ3n) is 2.59. The minimum absolute atomic E-state index is 0.221. The summed E-state index contributed by atoms with van der Waals surface area (Å²) in [6, 6.07) is 9.57. The van der Waals surface area contributed by atoms with E-state index in [0.29, 0.717) is 11.5 Å². The van der Waals surface area contributed by atoms with E-state index in [9.17, 15) is 4.79 Å². The number of methoxy groups -OCH3 is 1. The highest BCUT2D eigenvalue weighted by atomic mass is 32.1. The highest BCUT2D eigenvalue weighted by Gasteiger charge is 2.13. The Hall–Kier alpha value is -1.95. The van der Waals surface area contributed by atoms with Crippen molar-refractivity contribution in [2.75, 3.05) is 12.4 Å². The van der Waals surface area contributed by atoms with E-state index in [2.05, 4.69) is 20.6 Å². The smallest absolute Gasteiger partial charge is 0.308 e. The average Bonchev–Trinajstić information content (AvgIpc) is 2.45. The molecule has 0 aliphatic carbocycles. The maximum atomic E-state index is 11.3. The third-order valence-corrected chi connectivity index (χ3v) is 2.78. The molecule has 20 heavy (non-hydrogen) atoms. The van der Waals surface area contributed by atoms with Gasteiger partial charge in [0.15, 0.2) is 5.11 Å². The van der Waals surface area contributed by atoms with Crippen LogP contribution in [0.5, 0.6) is 0 Å². The maximum absolute atomic E-state index is 11.3. The van der Waals surface area contributed by atoms with Crippen molar-refractivity contribution in [3.05, 3.63) is 30.3 Å². The average molecular weight is 293 g/mol. The van der Waals surface area contributed by atoms with Crippen molar-refractivity contribution in [1.29, 1.82) is 0 Å². The first-order valence-corrected chi connectivity index (χ1v) is 6.66. The molecule has 0 saturated carbocycles. The molecule has 6 heteroatoms.